The number of carbonyl (C=O) groups excluding carboxylic acids is 1. The molecule has 98 valence electrons. The summed E-state index contributed by atoms with van der Waals surface area (Å²) < 4.78 is 10.1. The predicted octanol–water partition coefficient (Wildman–Crippen LogP) is 1.50. The van der Waals surface area contributed by atoms with Gasteiger partial charge < -0.3 is 20.5 Å². The van der Waals surface area contributed by atoms with Crippen molar-refractivity contribution in [2.75, 3.05) is 31.4 Å². The first kappa shape index (κ1) is 12.7. The molecule has 1 aliphatic heterocycles. The zero-order valence-corrected chi connectivity index (χ0v) is 10.6. The molecule has 0 bridgehead atoms. The molecular weight excluding hydrogens is 232 g/mol. The van der Waals surface area contributed by atoms with Gasteiger partial charge in [0.05, 0.1) is 43.3 Å². The van der Waals surface area contributed by atoms with Crippen molar-refractivity contribution in [1.82, 2.24) is 0 Å². The van der Waals surface area contributed by atoms with E-state index in [9.17, 15) is 4.79 Å². The van der Waals surface area contributed by atoms with E-state index in [0.29, 0.717) is 23.8 Å². The zero-order chi connectivity index (χ0) is 13.1. The van der Waals surface area contributed by atoms with Gasteiger partial charge in [-0.3, -0.25) is 0 Å². The number of nitrogen functional groups attached to an aromatic ring is 1. The second kappa shape index (κ2) is 5.27. The van der Waals surface area contributed by atoms with Gasteiger partial charge in [-0.05, 0) is 18.2 Å². The highest BCUT2D eigenvalue weighted by Crippen LogP contribution is 2.25. The van der Waals surface area contributed by atoms with Crippen LogP contribution in [0.25, 0.3) is 0 Å². The lowest BCUT2D eigenvalue weighted by atomic mass is 10.1. The van der Waals surface area contributed by atoms with E-state index in [0.717, 1.165) is 12.3 Å². The number of esters is 1. The number of ether oxygens (including phenoxy) is 2. The van der Waals surface area contributed by atoms with Crippen LogP contribution in [0, 0.1) is 5.92 Å². The second-order valence-electron chi connectivity index (χ2n) is 4.56. The first-order chi connectivity index (χ1) is 8.61. The van der Waals surface area contributed by atoms with E-state index in [1.54, 1.807) is 18.2 Å². The molecule has 0 saturated carbocycles. The van der Waals surface area contributed by atoms with Crippen LogP contribution in [0.4, 0.5) is 11.4 Å². The lowest BCUT2D eigenvalue weighted by molar-refractivity contribution is 0.0601. The molecule has 3 N–H and O–H groups in total. The second-order valence-corrected chi connectivity index (χ2v) is 4.56. The average Bonchev–Trinajstić information content (AvgIpc) is 2.77. The number of hydrogen-bond acceptors (Lipinski definition) is 5. The Hall–Kier alpha value is -1.75. The Morgan fingerprint density at radius 1 is 1.50 bits per heavy atom. The van der Waals surface area contributed by atoms with E-state index in [1.165, 1.54) is 7.11 Å². The topological polar surface area (TPSA) is 73.6 Å². The summed E-state index contributed by atoms with van der Waals surface area (Å²) in [7, 11) is 1.36. The third kappa shape index (κ3) is 2.56. The van der Waals surface area contributed by atoms with Crippen molar-refractivity contribution in [2.24, 2.45) is 5.92 Å². The van der Waals surface area contributed by atoms with Gasteiger partial charge in [0.2, 0.25) is 0 Å². The number of anilines is 2. The van der Waals surface area contributed by atoms with Crippen LogP contribution >= 0.6 is 0 Å². The van der Waals surface area contributed by atoms with Gasteiger partial charge in [0.15, 0.2) is 0 Å². The molecule has 1 fully saturated rings. The number of carbonyl (C=O) groups is 1. The molecule has 0 spiro atoms. The Kier molecular flexibility index (Phi) is 3.72. The summed E-state index contributed by atoms with van der Waals surface area (Å²) in [6, 6.07) is 5.29. The SMILES string of the molecule is COC(=O)c1ccc(N)c(NC2COCC2C)c1. The minimum atomic E-state index is -0.367. The van der Waals surface area contributed by atoms with Crippen molar-refractivity contribution in [3.05, 3.63) is 23.8 Å². The normalized spacial score (nSPS) is 22.8. The highest BCUT2D eigenvalue weighted by atomic mass is 16.5. The minimum absolute atomic E-state index is 0.222. The monoisotopic (exact) mass is 250 g/mol. The maximum atomic E-state index is 11.5. The maximum absolute atomic E-state index is 11.5. The average molecular weight is 250 g/mol. The van der Waals surface area contributed by atoms with E-state index in [2.05, 4.69) is 12.2 Å². The molecule has 2 atom stereocenters. The quantitative estimate of drug-likeness (QED) is 0.628. The van der Waals surface area contributed by atoms with Crippen LogP contribution in [0.5, 0.6) is 0 Å². The van der Waals surface area contributed by atoms with Crippen LogP contribution in [0.2, 0.25) is 0 Å². The van der Waals surface area contributed by atoms with Crippen molar-refractivity contribution >= 4 is 17.3 Å². The number of methoxy groups -OCH3 is 1. The molecule has 2 rings (SSSR count). The highest BCUT2D eigenvalue weighted by Gasteiger charge is 2.24. The largest absolute Gasteiger partial charge is 0.465 e. The van der Waals surface area contributed by atoms with E-state index in [-0.39, 0.29) is 12.0 Å². The zero-order valence-electron chi connectivity index (χ0n) is 10.6. The summed E-state index contributed by atoms with van der Waals surface area (Å²) in [5, 5.41) is 3.32. The fourth-order valence-corrected chi connectivity index (χ4v) is 1.97. The predicted molar refractivity (Wildman–Crippen MR) is 69.6 cm³/mol. The summed E-state index contributed by atoms with van der Waals surface area (Å²) in [5.74, 6) is 0.0555. The number of benzene rings is 1. The fourth-order valence-electron chi connectivity index (χ4n) is 1.97. The lowest BCUT2D eigenvalue weighted by Crippen LogP contribution is -2.26. The molecule has 0 aromatic heterocycles. The van der Waals surface area contributed by atoms with Crippen molar-refractivity contribution < 1.29 is 14.3 Å². The maximum Gasteiger partial charge on any atom is 0.337 e. The molecule has 1 heterocycles. The van der Waals surface area contributed by atoms with Gasteiger partial charge in [-0.1, -0.05) is 6.92 Å². The summed E-state index contributed by atoms with van der Waals surface area (Å²) in [5.41, 5.74) is 7.75. The third-order valence-corrected chi connectivity index (χ3v) is 3.18. The Labute approximate surface area is 106 Å². The first-order valence-electron chi connectivity index (χ1n) is 5.94. The van der Waals surface area contributed by atoms with E-state index < -0.39 is 0 Å². The third-order valence-electron chi connectivity index (χ3n) is 3.18. The summed E-state index contributed by atoms with van der Waals surface area (Å²) in [4.78, 5) is 11.5. The number of rotatable bonds is 3. The Morgan fingerprint density at radius 2 is 2.28 bits per heavy atom. The lowest BCUT2D eigenvalue weighted by Gasteiger charge is -2.18. The van der Waals surface area contributed by atoms with Crippen LogP contribution in [-0.4, -0.2) is 32.3 Å². The van der Waals surface area contributed by atoms with Gasteiger partial charge >= 0.3 is 5.97 Å². The molecule has 1 aliphatic rings. The molecule has 5 heteroatoms. The molecule has 2 unspecified atom stereocenters. The summed E-state index contributed by atoms with van der Waals surface area (Å²) in [6.45, 7) is 3.52. The minimum Gasteiger partial charge on any atom is -0.465 e. The van der Waals surface area contributed by atoms with Crippen LogP contribution in [-0.2, 0) is 9.47 Å². The molecule has 5 nitrogen and oxygen atoms in total. The van der Waals surface area contributed by atoms with E-state index in [4.69, 9.17) is 15.2 Å². The molecular formula is C13H18N2O3. The first-order valence-corrected chi connectivity index (χ1v) is 5.94. The van der Waals surface area contributed by atoms with Crippen LogP contribution < -0.4 is 11.1 Å². The van der Waals surface area contributed by atoms with Crippen LogP contribution in [0.3, 0.4) is 0 Å². The number of hydrogen-bond donors (Lipinski definition) is 2. The molecule has 1 saturated heterocycles. The van der Waals surface area contributed by atoms with Crippen molar-refractivity contribution in [3.8, 4) is 0 Å². The molecule has 0 aliphatic carbocycles. The molecule has 0 radical (unpaired) electrons. The van der Waals surface area contributed by atoms with Crippen molar-refractivity contribution in [3.63, 3.8) is 0 Å². The van der Waals surface area contributed by atoms with Gasteiger partial charge in [0.25, 0.3) is 0 Å². The number of nitrogens with one attached hydrogen (secondary N) is 1. The molecule has 18 heavy (non-hydrogen) atoms. The Balaban J connectivity index is 2.18. The number of nitrogens with two attached hydrogens (primary N) is 1. The molecule has 0 amide bonds. The molecule has 1 aromatic rings. The van der Waals surface area contributed by atoms with Crippen molar-refractivity contribution in [2.45, 2.75) is 13.0 Å². The fraction of sp³-hybridized carbons (Fsp3) is 0.462. The van der Waals surface area contributed by atoms with Crippen LogP contribution in [0.1, 0.15) is 17.3 Å². The van der Waals surface area contributed by atoms with Gasteiger partial charge in [-0.25, -0.2) is 4.79 Å². The summed E-state index contributed by atoms with van der Waals surface area (Å²) >= 11 is 0. The van der Waals surface area contributed by atoms with Gasteiger partial charge in [-0.2, -0.15) is 0 Å². The van der Waals surface area contributed by atoms with E-state index >= 15 is 0 Å². The van der Waals surface area contributed by atoms with Gasteiger partial charge in [-0.15, -0.1) is 0 Å². The van der Waals surface area contributed by atoms with Crippen molar-refractivity contribution in [1.29, 1.82) is 0 Å². The highest BCUT2D eigenvalue weighted by molar-refractivity contribution is 5.92. The van der Waals surface area contributed by atoms with Gasteiger partial charge in [0, 0.05) is 5.92 Å². The molecule has 1 aromatic carbocycles. The van der Waals surface area contributed by atoms with E-state index in [1.807, 2.05) is 0 Å². The van der Waals surface area contributed by atoms with Gasteiger partial charge in [0.1, 0.15) is 0 Å². The van der Waals surface area contributed by atoms with Crippen LogP contribution in [0.15, 0.2) is 18.2 Å². The Morgan fingerprint density at radius 3 is 2.89 bits per heavy atom. The standard InChI is InChI=1S/C13H18N2O3/c1-8-6-18-7-12(8)15-11-5-9(13(16)17-2)3-4-10(11)14/h3-5,8,12,15H,6-7,14H2,1-2H3. The smallest absolute Gasteiger partial charge is 0.337 e. The summed E-state index contributed by atoms with van der Waals surface area (Å²) in [6.07, 6.45) is 0. The Bertz CT molecular complexity index is 448.